The van der Waals surface area contributed by atoms with Crippen LogP contribution in [-0.2, 0) is 4.79 Å². The molecule has 0 aromatic carbocycles. The van der Waals surface area contributed by atoms with E-state index in [-0.39, 0.29) is 22.7 Å². The van der Waals surface area contributed by atoms with E-state index in [1.54, 1.807) is 0 Å². The molecule has 3 aliphatic rings. The Morgan fingerprint density at radius 3 is 2.80 bits per heavy atom. The molecule has 0 unspecified atom stereocenters. The maximum Gasteiger partial charge on any atom is 0.317 e. The van der Waals surface area contributed by atoms with Crippen LogP contribution in [0.15, 0.2) is 0 Å². The first kappa shape index (κ1) is 14.0. The molecule has 1 saturated carbocycles. The number of hydrogen-bond acceptors (Lipinski definition) is 3. The molecule has 3 amide bonds. The Labute approximate surface area is 124 Å². The molecule has 2 heterocycles. The molecule has 6 heteroatoms. The fraction of sp³-hybridized carbons (Fsp3) is 0.857. The highest BCUT2D eigenvalue weighted by atomic mass is 32.2. The summed E-state index contributed by atoms with van der Waals surface area (Å²) in [5, 5.41) is 3.04. The molecule has 1 aliphatic carbocycles. The highest BCUT2D eigenvalue weighted by molar-refractivity contribution is 8.00. The average Bonchev–Trinajstić information content (AvgIpc) is 3.13. The first-order valence-corrected chi connectivity index (χ1v) is 8.42. The van der Waals surface area contributed by atoms with E-state index in [2.05, 4.69) is 19.2 Å². The third-order valence-corrected chi connectivity index (χ3v) is 5.48. The number of nitrogens with one attached hydrogen (secondary N) is 1. The van der Waals surface area contributed by atoms with E-state index in [1.807, 2.05) is 21.6 Å². The lowest BCUT2D eigenvalue weighted by molar-refractivity contribution is -0.128. The Balaban J connectivity index is 1.53. The molecular formula is C14H23N3O2S. The van der Waals surface area contributed by atoms with Gasteiger partial charge in [-0.2, -0.15) is 11.8 Å². The van der Waals surface area contributed by atoms with Gasteiger partial charge in [-0.15, -0.1) is 0 Å². The molecule has 1 N–H and O–H groups in total. The van der Waals surface area contributed by atoms with Gasteiger partial charge in [0.25, 0.3) is 0 Å². The van der Waals surface area contributed by atoms with Crippen LogP contribution >= 0.6 is 11.8 Å². The topological polar surface area (TPSA) is 52.7 Å². The number of thioether (sulfide) groups is 1. The maximum atomic E-state index is 12.3. The van der Waals surface area contributed by atoms with Crippen molar-refractivity contribution in [2.45, 2.75) is 49.9 Å². The molecule has 20 heavy (non-hydrogen) atoms. The number of amides is 3. The lowest BCUT2D eigenvalue weighted by Crippen LogP contribution is -2.52. The minimum absolute atomic E-state index is 0.00572. The van der Waals surface area contributed by atoms with Crippen LogP contribution in [0.3, 0.4) is 0 Å². The third kappa shape index (κ3) is 3.05. The normalized spacial score (nSPS) is 29.7. The average molecular weight is 297 g/mol. The van der Waals surface area contributed by atoms with Crippen molar-refractivity contribution < 1.29 is 9.59 Å². The molecule has 1 atom stereocenters. The molecule has 0 bridgehead atoms. The lowest BCUT2D eigenvalue weighted by atomic mass is 10.2. The number of likely N-dealkylation sites (tertiary alicyclic amines) is 1. The van der Waals surface area contributed by atoms with E-state index < -0.39 is 0 Å². The van der Waals surface area contributed by atoms with Crippen molar-refractivity contribution in [3.8, 4) is 0 Å². The molecule has 2 saturated heterocycles. The number of hydrogen-bond donors (Lipinski definition) is 1. The van der Waals surface area contributed by atoms with Gasteiger partial charge in [-0.05, 0) is 26.7 Å². The van der Waals surface area contributed by atoms with Crippen molar-refractivity contribution in [3.05, 3.63) is 0 Å². The summed E-state index contributed by atoms with van der Waals surface area (Å²) in [5.41, 5.74) is 0. The summed E-state index contributed by atoms with van der Waals surface area (Å²) in [6, 6.07) is 0.442. The number of nitrogens with zero attached hydrogens (tertiary/aromatic N) is 2. The zero-order valence-electron chi connectivity index (χ0n) is 12.2. The van der Waals surface area contributed by atoms with Gasteiger partial charge < -0.3 is 15.1 Å². The molecule has 0 spiro atoms. The Hall–Kier alpha value is -0.910. The largest absolute Gasteiger partial charge is 0.338 e. The van der Waals surface area contributed by atoms with Crippen LogP contribution in [0.2, 0.25) is 0 Å². The van der Waals surface area contributed by atoms with Crippen molar-refractivity contribution in [2.24, 2.45) is 0 Å². The highest BCUT2D eigenvalue weighted by Crippen LogP contribution is 2.31. The fourth-order valence-corrected chi connectivity index (χ4v) is 4.13. The van der Waals surface area contributed by atoms with Gasteiger partial charge in [0.1, 0.15) is 0 Å². The summed E-state index contributed by atoms with van der Waals surface area (Å²) in [6.45, 7) is 6.61. The van der Waals surface area contributed by atoms with Crippen molar-refractivity contribution in [2.75, 3.05) is 25.4 Å². The van der Waals surface area contributed by atoms with E-state index in [0.29, 0.717) is 19.0 Å². The van der Waals surface area contributed by atoms with Gasteiger partial charge in [-0.25, -0.2) is 4.79 Å². The van der Waals surface area contributed by atoms with E-state index in [1.165, 1.54) is 0 Å². The second-order valence-electron chi connectivity index (χ2n) is 6.66. The predicted molar refractivity (Wildman–Crippen MR) is 79.8 cm³/mol. The smallest absolute Gasteiger partial charge is 0.317 e. The first-order chi connectivity index (χ1) is 9.44. The van der Waals surface area contributed by atoms with E-state index >= 15 is 0 Å². The molecule has 5 nitrogen and oxygen atoms in total. The lowest BCUT2D eigenvalue weighted by Gasteiger charge is -2.37. The number of urea groups is 1. The number of carbonyl (C=O) groups excluding carboxylic acids is 2. The van der Waals surface area contributed by atoms with Crippen molar-refractivity contribution in [1.82, 2.24) is 15.1 Å². The Morgan fingerprint density at radius 1 is 1.40 bits per heavy atom. The number of rotatable bonds is 2. The second-order valence-corrected chi connectivity index (χ2v) is 8.46. The molecule has 3 rings (SSSR count). The summed E-state index contributed by atoms with van der Waals surface area (Å²) in [5.74, 6) is 1.19. The van der Waals surface area contributed by atoms with Crippen LogP contribution in [0, 0.1) is 0 Å². The van der Waals surface area contributed by atoms with Crippen LogP contribution in [-0.4, -0.2) is 64.0 Å². The van der Waals surface area contributed by atoms with Gasteiger partial charge in [-0.1, -0.05) is 0 Å². The monoisotopic (exact) mass is 297 g/mol. The Morgan fingerprint density at radius 2 is 2.15 bits per heavy atom. The Kier molecular flexibility index (Phi) is 3.60. The molecular weight excluding hydrogens is 274 g/mol. The molecule has 0 aromatic rings. The van der Waals surface area contributed by atoms with Gasteiger partial charge in [0.05, 0.1) is 6.04 Å². The standard InChI is InChI=1S/C14H23N3O2S/c1-14(2)9-16(5-6-20-14)13(19)15-10-7-12(18)17(8-10)11-3-4-11/h10-11H,3-9H2,1-2H3,(H,15,19)/t10-/m0/s1. The van der Waals surface area contributed by atoms with Crippen molar-refractivity contribution in [3.63, 3.8) is 0 Å². The van der Waals surface area contributed by atoms with Crippen LogP contribution in [0.25, 0.3) is 0 Å². The van der Waals surface area contributed by atoms with Crippen LogP contribution in [0.1, 0.15) is 33.1 Å². The van der Waals surface area contributed by atoms with Crippen LogP contribution < -0.4 is 5.32 Å². The fourth-order valence-electron chi connectivity index (χ4n) is 3.02. The minimum atomic E-state index is -0.00621. The summed E-state index contributed by atoms with van der Waals surface area (Å²) in [7, 11) is 0. The van der Waals surface area contributed by atoms with Crippen LogP contribution in [0.5, 0.6) is 0 Å². The molecule has 3 fully saturated rings. The van der Waals surface area contributed by atoms with Gasteiger partial charge in [0, 0.05) is 42.6 Å². The maximum absolute atomic E-state index is 12.3. The quantitative estimate of drug-likeness (QED) is 0.835. The SMILES string of the molecule is CC1(C)CN(C(=O)N[C@H]2CC(=O)N(C3CC3)C2)CCS1. The predicted octanol–water partition coefficient (Wildman–Crippen LogP) is 1.29. The highest BCUT2D eigenvalue weighted by Gasteiger charge is 2.40. The summed E-state index contributed by atoms with van der Waals surface area (Å²) in [6.07, 6.45) is 2.72. The van der Waals surface area contributed by atoms with E-state index in [9.17, 15) is 9.59 Å². The second kappa shape index (κ2) is 5.13. The van der Waals surface area contributed by atoms with Crippen molar-refractivity contribution >= 4 is 23.7 Å². The third-order valence-electron chi connectivity index (χ3n) is 4.19. The molecule has 112 valence electrons. The first-order valence-electron chi connectivity index (χ1n) is 7.43. The zero-order valence-corrected chi connectivity index (χ0v) is 13.0. The van der Waals surface area contributed by atoms with Gasteiger partial charge >= 0.3 is 6.03 Å². The molecule has 0 radical (unpaired) electrons. The van der Waals surface area contributed by atoms with Gasteiger partial charge in [0.15, 0.2) is 0 Å². The van der Waals surface area contributed by atoms with Crippen LogP contribution in [0.4, 0.5) is 4.79 Å². The van der Waals surface area contributed by atoms with Crippen molar-refractivity contribution in [1.29, 1.82) is 0 Å². The Bertz CT molecular complexity index is 423. The summed E-state index contributed by atoms with van der Waals surface area (Å²) in [4.78, 5) is 28.0. The van der Waals surface area contributed by atoms with Gasteiger partial charge in [-0.3, -0.25) is 4.79 Å². The van der Waals surface area contributed by atoms with E-state index in [0.717, 1.165) is 31.7 Å². The molecule has 0 aromatic heterocycles. The minimum Gasteiger partial charge on any atom is -0.338 e. The summed E-state index contributed by atoms with van der Waals surface area (Å²) < 4.78 is 0.126. The summed E-state index contributed by atoms with van der Waals surface area (Å²) >= 11 is 1.91. The van der Waals surface area contributed by atoms with Gasteiger partial charge in [0.2, 0.25) is 5.91 Å². The van der Waals surface area contributed by atoms with E-state index in [4.69, 9.17) is 0 Å². The molecule has 2 aliphatic heterocycles. The zero-order chi connectivity index (χ0) is 14.3. The number of carbonyl (C=O) groups is 2.